The molecule has 0 fully saturated rings. The number of aryl methyl sites for hydroxylation is 1. The van der Waals surface area contributed by atoms with Gasteiger partial charge in [0.15, 0.2) is 5.82 Å². The number of rotatable bonds is 4. The van der Waals surface area contributed by atoms with Crippen LogP contribution in [0, 0.1) is 6.92 Å². The molecule has 1 aliphatic heterocycles. The molecule has 0 saturated carbocycles. The summed E-state index contributed by atoms with van der Waals surface area (Å²) in [5.74, 6) is 0.390. The first kappa shape index (κ1) is 20.7. The summed E-state index contributed by atoms with van der Waals surface area (Å²) in [5, 5.41) is 12.6. The van der Waals surface area contributed by atoms with Crippen molar-refractivity contribution in [3.05, 3.63) is 41.5 Å². The number of aromatic nitrogens is 2. The van der Waals surface area contributed by atoms with Crippen molar-refractivity contribution in [1.82, 2.24) is 15.5 Å². The standard InChI is InChI=1S/C21H27N5O3/c1-13-8-7-9-14(12-13)26-16(27)11-10-15(24-26)17(28)23-21(5,6)18-22-19(29-25-18)20(2,3)4/h7-9,12H,10-11H2,1-6H3,(H,23,28). The maximum Gasteiger partial charge on any atom is 0.268 e. The van der Waals surface area contributed by atoms with Gasteiger partial charge in [-0.25, -0.2) is 5.01 Å². The third-order valence-corrected chi connectivity index (χ3v) is 4.59. The van der Waals surface area contributed by atoms with E-state index in [0.717, 1.165) is 5.56 Å². The van der Waals surface area contributed by atoms with Crippen molar-refractivity contribution in [3.8, 4) is 0 Å². The van der Waals surface area contributed by atoms with Gasteiger partial charge in [-0.3, -0.25) is 9.59 Å². The van der Waals surface area contributed by atoms with Crippen LogP contribution in [-0.2, 0) is 20.5 Å². The number of benzene rings is 1. The van der Waals surface area contributed by atoms with Gasteiger partial charge in [0, 0.05) is 18.3 Å². The van der Waals surface area contributed by atoms with Gasteiger partial charge < -0.3 is 9.84 Å². The molecule has 29 heavy (non-hydrogen) atoms. The summed E-state index contributed by atoms with van der Waals surface area (Å²) in [6, 6.07) is 7.45. The van der Waals surface area contributed by atoms with Crippen molar-refractivity contribution in [2.45, 2.75) is 65.3 Å². The van der Waals surface area contributed by atoms with Crippen LogP contribution in [0.2, 0.25) is 0 Å². The number of nitrogens with zero attached hydrogens (tertiary/aromatic N) is 4. The highest BCUT2D eigenvalue weighted by atomic mass is 16.5. The van der Waals surface area contributed by atoms with E-state index in [1.165, 1.54) is 5.01 Å². The van der Waals surface area contributed by atoms with Crippen molar-refractivity contribution in [2.24, 2.45) is 5.10 Å². The zero-order chi connectivity index (χ0) is 21.4. The Kier molecular flexibility index (Phi) is 5.30. The Morgan fingerprint density at radius 1 is 1.17 bits per heavy atom. The maximum absolute atomic E-state index is 12.9. The molecular formula is C21H27N5O3. The molecule has 1 aromatic carbocycles. The molecule has 2 aromatic rings. The summed E-state index contributed by atoms with van der Waals surface area (Å²) in [6.07, 6.45) is 0.500. The van der Waals surface area contributed by atoms with Crippen LogP contribution in [0.1, 0.15) is 64.7 Å². The van der Waals surface area contributed by atoms with Crippen LogP contribution in [0.4, 0.5) is 5.69 Å². The average Bonchev–Trinajstić information content (AvgIpc) is 3.13. The quantitative estimate of drug-likeness (QED) is 0.854. The Hall–Kier alpha value is -3.03. The van der Waals surface area contributed by atoms with Gasteiger partial charge in [-0.2, -0.15) is 10.1 Å². The average molecular weight is 397 g/mol. The molecule has 0 atom stereocenters. The minimum Gasteiger partial charge on any atom is -0.339 e. The monoisotopic (exact) mass is 397 g/mol. The van der Waals surface area contributed by atoms with Gasteiger partial charge in [-0.1, -0.05) is 38.1 Å². The lowest BCUT2D eigenvalue weighted by molar-refractivity contribution is -0.119. The molecule has 1 N–H and O–H groups in total. The molecule has 0 spiro atoms. The van der Waals surface area contributed by atoms with E-state index in [9.17, 15) is 9.59 Å². The number of carbonyl (C=O) groups excluding carboxylic acids is 2. The second kappa shape index (κ2) is 7.42. The summed E-state index contributed by atoms with van der Waals surface area (Å²) in [5.41, 5.74) is 0.802. The van der Waals surface area contributed by atoms with E-state index >= 15 is 0 Å². The molecule has 1 aromatic heterocycles. The van der Waals surface area contributed by atoms with Crippen LogP contribution in [0.25, 0.3) is 0 Å². The van der Waals surface area contributed by atoms with Gasteiger partial charge >= 0.3 is 0 Å². The second-order valence-electron chi connectivity index (χ2n) is 8.84. The second-order valence-corrected chi connectivity index (χ2v) is 8.84. The maximum atomic E-state index is 12.9. The molecule has 2 amide bonds. The van der Waals surface area contributed by atoms with Crippen LogP contribution >= 0.6 is 0 Å². The minimum absolute atomic E-state index is 0.139. The molecule has 2 heterocycles. The molecule has 8 nitrogen and oxygen atoms in total. The fourth-order valence-electron chi connectivity index (χ4n) is 2.87. The molecule has 0 saturated heterocycles. The van der Waals surface area contributed by atoms with E-state index in [-0.39, 0.29) is 30.1 Å². The zero-order valence-electron chi connectivity index (χ0n) is 17.7. The first-order chi connectivity index (χ1) is 13.5. The number of hydrogen-bond acceptors (Lipinski definition) is 6. The molecule has 0 aliphatic carbocycles. The normalized spacial score (nSPS) is 15.3. The van der Waals surface area contributed by atoms with Crippen molar-refractivity contribution in [3.63, 3.8) is 0 Å². The van der Waals surface area contributed by atoms with Gasteiger partial charge in [0.1, 0.15) is 5.71 Å². The van der Waals surface area contributed by atoms with Gasteiger partial charge in [-0.15, -0.1) is 0 Å². The lowest BCUT2D eigenvalue weighted by atomic mass is 9.96. The van der Waals surface area contributed by atoms with Gasteiger partial charge in [-0.05, 0) is 38.5 Å². The largest absolute Gasteiger partial charge is 0.339 e. The number of carbonyl (C=O) groups is 2. The Balaban J connectivity index is 1.81. The molecule has 3 rings (SSSR count). The lowest BCUT2D eigenvalue weighted by Gasteiger charge is -2.26. The fraction of sp³-hybridized carbons (Fsp3) is 0.476. The van der Waals surface area contributed by atoms with E-state index in [2.05, 4.69) is 20.6 Å². The molecule has 8 heteroatoms. The van der Waals surface area contributed by atoms with Crippen LogP contribution in [-0.4, -0.2) is 27.7 Å². The number of hydrazone groups is 1. The Bertz CT molecular complexity index is 969. The Morgan fingerprint density at radius 3 is 2.52 bits per heavy atom. The third-order valence-electron chi connectivity index (χ3n) is 4.59. The predicted octanol–water partition coefficient (Wildman–Crippen LogP) is 3.21. The van der Waals surface area contributed by atoms with E-state index in [1.807, 2.05) is 45.9 Å². The summed E-state index contributed by atoms with van der Waals surface area (Å²) in [7, 11) is 0. The highest BCUT2D eigenvalue weighted by Gasteiger charge is 2.34. The van der Waals surface area contributed by atoms with Crippen LogP contribution in [0.3, 0.4) is 0 Å². The van der Waals surface area contributed by atoms with Crippen molar-refractivity contribution >= 4 is 23.2 Å². The molecule has 154 valence electrons. The summed E-state index contributed by atoms with van der Waals surface area (Å²) in [4.78, 5) is 29.6. The van der Waals surface area contributed by atoms with Crippen LogP contribution in [0.15, 0.2) is 33.9 Å². The number of nitrogens with one attached hydrogen (secondary N) is 1. The smallest absolute Gasteiger partial charge is 0.268 e. The zero-order valence-corrected chi connectivity index (χ0v) is 17.7. The summed E-state index contributed by atoms with van der Waals surface area (Å²) >= 11 is 0. The Morgan fingerprint density at radius 2 is 1.90 bits per heavy atom. The lowest BCUT2D eigenvalue weighted by Crippen LogP contribution is -2.47. The van der Waals surface area contributed by atoms with E-state index in [4.69, 9.17) is 4.52 Å². The fourth-order valence-corrected chi connectivity index (χ4v) is 2.87. The SMILES string of the molecule is Cc1cccc(N2N=C(C(=O)NC(C)(C)c3noc(C(C)(C)C)n3)CCC2=O)c1. The Labute approximate surface area is 170 Å². The number of amides is 2. The van der Waals surface area contributed by atoms with E-state index < -0.39 is 5.54 Å². The van der Waals surface area contributed by atoms with Gasteiger partial charge in [0.25, 0.3) is 5.91 Å². The molecular weight excluding hydrogens is 370 g/mol. The van der Waals surface area contributed by atoms with Crippen LogP contribution in [0.5, 0.6) is 0 Å². The minimum atomic E-state index is -0.859. The highest BCUT2D eigenvalue weighted by molar-refractivity contribution is 6.40. The molecule has 0 radical (unpaired) electrons. The predicted molar refractivity (Wildman–Crippen MR) is 110 cm³/mol. The molecule has 0 unspecified atom stereocenters. The first-order valence-electron chi connectivity index (χ1n) is 9.62. The van der Waals surface area contributed by atoms with E-state index in [1.54, 1.807) is 19.9 Å². The highest BCUT2D eigenvalue weighted by Crippen LogP contribution is 2.25. The van der Waals surface area contributed by atoms with Crippen molar-refractivity contribution < 1.29 is 14.1 Å². The third kappa shape index (κ3) is 4.52. The topological polar surface area (TPSA) is 101 Å². The van der Waals surface area contributed by atoms with E-state index in [0.29, 0.717) is 23.1 Å². The summed E-state index contributed by atoms with van der Waals surface area (Å²) < 4.78 is 5.35. The van der Waals surface area contributed by atoms with Crippen LogP contribution < -0.4 is 10.3 Å². The van der Waals surface area contributed by atoms with Gasteiger partial charge in [0.05, 0.1) is 11.2 Å². The molecule has 1 aliphatic rings. The van der Waals surface area contributed by atoms with Crippen molar-refractivity contribution in [1.29, 1.82) is 0 Å². The molecule has 0 bridgehead atoms. The summed E-state index contributed by atoms with van der Waals surface area (Å²) in [6.45, 7) is 11.5. The number of hydrogen-bond donors (Lipinski definition) is 1. The number of anilines is 1. The van der Waals surface area contributed by atoms with Gasteiger partial charge in [0.2, 0.25) is 11.8 Å². The van der Waals surface area contributed by atoms with Crippen molar-refractivity contribution in [2.75, 3.05) is 5.01 Å². The first-order valence-corrected chi connectivity index (χ1v) is 9.62.